The molecule has 1 aromatic carbocycles. The Hall–Kier alpha value is -1.64. The third-order valence-electron chi connectivity index (χ3n) is 4.68. The molecule has 2 rings (SSSR count). The summed E-state index contributed by atoms with van der Waals surface area (Å²) >= 11 is 0. The van der Waals surface area contributed by atoms with Gasteiger partial charge in [0.2, 0.25) is 5.82 Å². The minimum absolute atomic E-state index is 0.00540. The van der Waals surface area contributed by atoms with E-state index in [2.05, 4.69) is 25.2 Å². The Morgan fingerprint density at radius 2 is 2.04 bits per heavy atom. The minimum atomic E-state index is -0.874. The van der Waals surface area contributed by atoms with E-state index in [1.807, 2.05) is 0 Å². The van der Waals surface area contributed by atoms with Crippen LogP contribution < -0.4 is 4.74 Å². The van der Waals surface area contributed by atoms with Crippen molar-refractivity contribution in [3.8, 4) is 5.75 Å². The van der Waals surface area contributed by atoms with Gasteiger partial charge in [-0.15, -0.1) is 0 Å². The van der Waals surface area contributed by atoms with E-state index >= 15 is 0 Å². The molecule has 0 fully saturated rings. The topological polar surface area (TPSA) is 9.23 Å². The standard InChI is InChI=1S/C21H28F2O/c1-3-5-6-7-8-9-16-10-12-17(13-11-16)18-14-15-19(24-4-2)21(23)20(18)22/h3,5,12,14-16H,4,6-11,13H2,1-2H3/b5-3+. The van der Waals surface area contributed by atoms with Crippen LogP contribution in [0.3, 0.4) is 0 Å². The summed E-state index contributed by atoms with van der Waals surface area (Å²) in [6.07, 6.45) is 14.1. The first kappa shape index (κ1) is 18.7. The molecule has 1 atom stereocenters. The van der Waals surface area contributed by atoms with E-state index < -0.39 is 11.6 Å². The lowest BCUT2D eigenvalue weighted by atomic mass is 9.83. The summed E-state index contributed by atoms with van der Waals surface area (Å²) in [5.41, 5.74) is 1.32. The number of allylic oxidation sites excluding steroid dienone is 4. The predicted molar refractivity (Wildman–Crippen MR) is 96.1 cm³/mol. The van der Waals surface area contributed by atoms with Crippen LogP contribution in [0.2, 0.25) is 0 Å². The lowest BCUT2D eigenvalue weighted by molar-refractivity contribution is 0.314. The van der Waals surface area contributed by atoms with Gasteiger partial charge in [0.05, 0.1) is 6.61 Å². The van der Waals surface area contributed by atoms with Gasteiger partial charge in [0.25, 0.3) is 0 Å². The molecule has 1 aromatic rings. The molecule has 0 aromatic heterocycles. The van der Waals surface area contributed by atoms with Gasteiger partial charge in [-0.3, -0.25) is 0 Å². The van der Waals surface area contributed by atoms with Gasteiger partial charge < -0.3 is 4.74 Å². The van der Waals surface area contributed by atoms with Crippen molar-refractivity contribution in [2.75, 3.05) is 6.61 Å². The molecule has 3 heteroatoms. The molecule has 24 heavy (non-hydrogen) atoms. The fourth-order valence-electron chi connectivity index (χ4n) is 3.30. The fourth-order valence-corrected chi connectivity index (χ4v) is 3.30. The van der Waals surface area contributed by atoms with E-state index in [0.29, 0.717) is 18.1 Å². The monoisotopic (exact) mass is 334 g/mol. The van der Waals surface area contributed by atoms with E-state index in [1.54, 1.807) is 13.0 Å². The number of halogens is 2. The molecule has 1 aliphatic carbocycles. The van der Waals surface area contributed by atoms with Crippen LogP contribution in [0, 0.1) is 17.6 Å². The molecular formula is C21H28F2O. The Labute approximate surface area is 144 Å². The Kier molecular flexibility index (Phi) is 7.48. The van der Waals surface area contributed by atoms with Crippen LogP contribution in [0.25, 0.3) is 5.57 Å². The highest BCUT2D eigenvalue weighted by atomic mass is 19.2. The molecule has 0 heterocycles. The highest BCUT2D eigenvalue weighted by molar-refractivity contribution is 5.67. The highest BCUT2D eigenvalue weighted by Crippen LogP contribution is 2.35. The third-order valence-corrected chi connectivity index (χ3v) is 4.68. The van der Waals surface area contributed by atoms with Gasteiger partial charge in [0, 0.05) is 5.56 Å². The average molecular weight is 334 g/mol. The number of hydrogen-bond acceptors (Lipinski definition) is 1. The molecule has 132 valence electrons. The number of benzene rings is 1. The van der Waals surface area contributed by atoms with E-state index in [0.717, 1.165) is 31.3 Å². The van der Waals surface area contributed by atoms with Crippen molar-refractivity contribution in [1.29, 1.82) is 0 Å². The fraction of sp³-hybridized carbons (Fsp3) is 0.524. The summed E-state index contributed by atoms with van der Waals surface area (Å²) in [7, 11) is 0. The lowest BCUT2D eigenvalue weighted by Crippen LogP contribution is -2.07. The lowest BCUT2D eigenvalue weighted by Gasteiger charge is -2.22. The normalized spacial score (nSPS) is 18.0. The van der Waals surface area contributed by atoms with Crippen molar-refractivity contribution >= 4 is 5.57 Å². The van der Waals surface area contributed by atoms with E-state index in [9.17, 15) is 8.78 Å². The largest absolute Gasteiger partial charge is 0.491 e. The molecule has 0 bridgehead atoms. The molecule has 0 spiro atoms. The second kappa shape index (κ2) is 9.61. The van der Waals surface area contributed by atoms with Crippen molar-refractivity contribution in [2.45, 2.75) is 58.8 Å². The maximum absolute atomic E-state index is 14.3. The number of ether oxygens (including phenoxy) is 1. The van der Waals surface area contributed by atoms with Gasteiger partial charge in [0.15, 0.2) is 11.6 Å². The summed E-state index contributed by atoms with van der Waals surface area (Å²) < 4.78 is 33.4. The molecule has 0 N–H and O–H groups in total. The first-order valence-electron chi connectivity index (χ1n) is 9.08. The van der Waals surface area contributed by atoms with Crippen LogP contribution in [0.4, 0.5) is 8.78 Å². The van der Waals surface area contributed by atoms with E-state index in [1.165, 1.54) is 25.3 Å². The molecule has 0 saturated carbocycles. The van der Waals surface area contributed by atoms with Crippen molar-refractivity contribution in [3.63, 3.8) is 0 Å². The van der Waals surface area contributed by atoms with Crippen LogP contribution in [0.1, 0.15) is 64.4 Å². The number of hydrogen-bond donors (Lipinski definition) is 0. The zero-order valence-corrected chi connectivity index (χ0v) is 14.8. The number of unbranched alkanes of at least 4 members (excludes halogenated alkanes) is 2. The van der Waals surface area contributed by atoms with Gasteiger partial charge >= 0.3 is 0 Å². The van der Waals surface area contributed by atoms with Gasteiger partial charge in [0.1, 0.15) is 0 Å². The van der Waals surface area contributed by atoms with Crippen molar-refractivity contribution in [1.82, 2.24) is 0 Å². The Morgan fingerprint density at radius 3 is 2.71 bits per heavy atom. The van der Waals surface area contributed by atoms with Crippen molar-refractivity contribution in [3.05, 3.63) is 47.6 Å². The van der Waals surface area contributed by atoms with Crippen LogP contribution in [-0.2, 0) is 0 Å². The zero-order chi connectivity index (χ0) is 17.4. The Morgan fingerprint density at radius 1 is 1.21 bits per heavy atom. The molecular weight excluding hydrogens is 306 g/mol. The predicted octanol–water partition coefficient (Wildman–Crippen LogP) is 6.68. The smallest absolute Gasteiger partial charge is 0.201 e. The summed E-state index contributed by atoms with van der Waals surface area (Å²) in [6.45, 7) is 4.14. The first-order valence-corrected chi connectivity index (χ1v) is 9.08. The van der Waals surface area contributed by atoms with Crippen LogP contribution in [0.5, 0.6) is 5.75 Å². The quantitative estimate of drug-likeness (QED) is 0.380. The van der Waals surface area contributed by atoms with Gasteiger partial charge in [-0.25, -0.2) is 4.39 Å². The maximum Gasteiger partial charge on any atom is 0.201 e. The molecule has 0 saturated heterocycles. The Bertz CT molecular complexity index is 590. The third kappa shape index (κ3) is 4.93. The minimum Gasteiger partial charge on any atom is -0.491 e. The summed E-state index contributed by atoms with van der Waals surface area (Å²) in [6, 6.07) is 3.18. The zero-order valence-electron chi connectivity index (χ0n) is 14.8. The van der Waals surface area contributed by atoms with E-state index in [4.69, 9.17) is 4.74 Å². The second-order valence-corrected chi connectivity index (χ2v) is 6.40. The molecule has 1 aliphatic rings. The summed E-state index contributed by atoms with van der Waals surface area (Å²) in [5.74, 6) is -0.984. The SMILES string of the molecule is C/C=C/CCCCC1CC=C(c2ccc(OCC)c(F)c2F)CC1. The van der Waals surface area contributed by atoms with Crippen LogP contribution >= 0.6 is 0 Å². The highest BCUT2D eigenvalue weighted by Gasteiger charge is 2.20. The summed E-state index contributed by atoms with van der Waals surface area (Å²) in [5, 5.41) is 0. The van der Waals surface area contributed by atoms with Gasteiger partial charge in [-0.2, -0.15) is 4.39 Å². The second-order valence-electron chi connectivity index (χ2n) is 6.40. The van der Waals surface area contributed by atoms with Crippen molar-refractivity contribution < 1.29 is 13.5 Å². The molecule has 0 radical (unpaired) electrons. The average Bonchev–Trinajstić information content (AvgIpc) is 2.60. The summed E-state index contributed by atoms with van der Waals surface area (Å²) in [4.78, 5) is 0. The Balaban J connectivity index is 1.94. The molecule has 1 nitrogen and oxygen atoms in total. The van der Waals surface area contributed by atoms with Gasteiger partial charge in [-0.1, -0.05) is 31.1 Å². The van der Waals surface area contributed by atoms with Gasteiger partial charge in [-0.05, 0) is 69.6 Å². The molecule has 0 amide bonds. The van der Waals surface area contributed by atoms with E-state index in [-0.39, 0.29) is 5.75 Å². The number of rotatable bonds is 8. The molecule has 1 unspecified atom stereocenters. The first-order chi connectivity index (χ1) is 11.7. The van der Waals surface area contributed by atoms with Crippen LogP contribution in [-0.4, -0.2) is 6.61 Å². The maximum atomic E-state index is 14.3. The van der Waals surface area contributed by atoms with Crippen LogP contribution in [0.15, 0.2) is 30.4 Å². The van der Waals surface area contributed by atoms with Crippen molar-refractivity contribution in [2.24, 2.45) is 5.92 Å². The molecule has 0 aliphatic heterocycles.